The highest BCUT2D eigenvalue weighted by atomic mass is 32.2. The first kappa shape index (κ1) is 16.1. The topological polar surface area (TPSA) is 71.1 Å². The number of hydrogen-bond donors (Lipinski definition) is 2. The van der Waals surface area contributed by atoms with Crippen molar-refractivity contribution in [1.29, 1.82) is 0 Å². The molecule has 21 heavy (non-hydrogen) atoms. The summed E-state index contributed by atoms with van der Waals surface area (Å²) < 4.78 is 27.3. The lowest BCUT2D eigenvalue weighted by molar-refractivity contribution is 0.583. The van der Waals surface area contributed by atoms with E-state index in [0.29, 0.717) is 23.7 Å². The van der Waals surface area contributed by atoms with Gasteiger partial charge in [0.2, 0.25) is 10.0 Å². The third kappa shape index (κ3) is 4.89. The van der Waals surface area contributed by atoms with Crippen molar-refractivity contribution in [3.63, 3.8) is 0 Å². The SMILES string of the molecule is CCNCc1ccc(S(=O)(=O)NCCc2cccnc2)s1. The average Bonchev–Trinajstić information content (AvgIpc) is 2.96. The minimum atomic E-state index is -3.41. The summed E-state index contributed by atoms with van der Waals surface area (Å²) >= 11 is 1.30. The summed E-state index contributed by atoms with van der Waals surface area (Å²) in [4.78, 5) is 5.03. The largest absolute Gasteiger partial charge is 0.312 e. The minimum Gasteiger partial charge on any atom is -0.312 e. The Bertz CT molecular complexity index is 654. The predicted molar refractivity (Wildman–Crippen MR) is 84.8 cm³/mol. The Hall–Kier alpha value is -1.28. The van der Waals surface area contributed by atoms with E-state index < -0.39 is 10.0 Å². The maximum atomic E-state index is 12.2. The zero-order valence-electron chi connectivity index (χ0n) is 11.9. The number of pyridine rings is 1. The molecule has 2 heterocycles. The van der Waals surface area contributed by atoms with Crippen molar-refractivity contribution in [3.05, 3.63) is 47.1 Å². The molecular weight excluding hydrogens is 306 g/mol. The van der Waals surface area contributed by atoms with Gasteiger partial charge in [-0.05, 0) is 36.7 Å². The Kier molecular flexibility index (Phi) is 5.86. The van der Waals surface area contributed by atoms with Gasteiger partial charge in [0.1, 0.15) is 4.21 Å². The van der Waals surface area contributed by atoms with E-state index in [1.165, 1.54) is 11.3 Å². The van der Waals surface area contributed by atoms with Crippen LogP contribution >= 0.6 is 11.3 Å². The molecule has 0 aliphatic rings. The van der Waals surface area contributed by atoms with Crippen LogP contribution in [0.4, 0.5) is 0 Å². The smallest absolute Gasteiger partial charge is 0.250 e. The van der Waals surface area contributed by atoms with Crippen molar-refractivity contribution >= 4 is 21.4 Å². The van der Waals surface area contributed by atoms with E-state index in [1.807, 2.05) is 25.1 Å². The number of hydrogen-bond acceptors (Lipinski definition) is 5. The fourth-order valence-corrected chi connectivity index (χ4v) is 4.19. The Labute approximate surface area is 129 Å². The Morgan fingerprint density at radius 2 is 2.14 bits per heavy atom. The van der Waals surface area contributed by atoms with E-state index in [1.54, 1.807) is 18.5 Å². The summed E-state index contributed by atoms with van der Waals surface area (Å²) in [5, 5.41) is 3.18. The molecule has 0 bridgehead atoms. The van der Waals surface area contributed by atoms with E-state index in [2.05, 4.69) is 15.0 Å². The normalized spacial score (nSPS) is 11.7. The summed E-state index contributed by atoms with van der Waals surface area (Å²) in [7, 11) is -3.41. The molecule has 0 amide bonds. The Morgan fingerprint density at radius 1 is 1.29 bits per heavy atom. The third-order valence-corrected chi connectivity index (χ3v) is 5.92. The van der Waals surface area contributed by atoms with Crippen molar-refractivity contribution in [3.8, 4) is 0 Å². The van der Waals surface area contributed by atoms with E-state index in [0.717, 1.165) is 17.0 Å². The molecule has 0 aliphatic heterocycles. The highest BCUT2D eigenvalue weighted by Crippen LogP contribution is 2.21. The summed E-state index contributed by atoms with van der Waals surface area (Å²) in [6, 6.07) is 7.28. The van der Waals surface area contributed by atoms with E-state index in [9.17, 15) is 8.42 Å². The van der Waals surface area contributed by atoms with Crippen LogP contribution in [-0.2, 0) is 23.0 Å². The van der Waals surface area contributed by atoms with E-state index in [4.69, 9.17) is 0 Å². The number of thiophene rings is 1. The molecule has 114 valence electrons. The minimum absolute atomic E-state index is 0.363. The summed E-state index contributed by atoms with van der Waals surface area (Å²) in [5.74, 6) is 0. The lowest BCUT2D eigenvalue weighted by atomic mass is 10.2. The zero-order valence-corrected chi connectivity index (χ0v) is 13.5. The molecule has 0 spiro atoms. The van der Waals surface area contributed by atoms with Crippen molar-refractivity contribution in [2.24, 2.45) is 0 Å². The molecular formula is C14H19N3O2S2. The molecule has 2 N–H and O–H groups in total. The standard InChI is InChI=1S/C14H19N3O2S2/c1-2-15-11-13-5-6-14(20-13)21(18,19)17-9-7-12-4-3-8-16-10-12/h3-6,8,10,15,17H,2,7,9,11H2,1H3. The molecule has 0 saturated heterocycles. The van der Waals surface area contributed by atoms with Gasteiger partial charge in [-0.15, -0.1) is 11.3 Å². The van der Waals surface area contributed by atoms with Gasteiger partial charge in [0, 0.05) is 30.4 Å². The van der Waals surface area contributed by atoms with Crippen LogP contribution in [0.3, 0.4) is 0 Å². The van der Waals surface area contributed by atoms with Crippen LogP contribution in [0.15, 0.2) is 40.9 Å². The van der Waals surface area contributed by atoms with Crippen molar-refractivity contribution in [1.82, 2.24) is 15.0 Å². The lowest BCUT2D eigenvalue weighted by Crippen LogP contribution is -2.25. The molecule has 0 atom stereocenters. The average molecular weight is 325 g/mol. The molecule has 2 aromatic rings. The van der Waals surface area contributed by atoms with Gasteiger partial charge in [0.05, 0.1) is 0 Å². The quantitative estimate of drug-likeness (QED) is 0.776. The van der Waals surface area contributed by atoms with Gasteiger partial charge in [-0.3, -0.25) is 4.98 Å². The first-order valence-corrected chi connectivity index (χ1v) is 9.10. The molecule has 0 fully saturated rings. The van der Waals surface area contributed by atoms with Crippen LogP contribution in [0, 0.1) is 0 Å². The van der Waals surface area contributed by atoms with Crippen molar-refractivity contribution < 1.29 is 8.42 Å². The predicted octanol–water partition coefficient (Wildman–Crippen LogP) is 1.77. The van der Waals surface area contributed by atoms with Crippen LogP contribution in [0.25, 0.3) is 0 Å². The summed E-state index contributed by atoms with van der Waals surface area (Å²) in [6.07, 6.45) is 4.07. The molecule has 0 unspecified atom stereocenters. The maximum Gasteiger partial charge on any atom is 0.250 e. The second-order valence-corrected chi connectivity index (χ2v) is 7.67. The number of nitrogens with one attached hydrogen (secondary N) is 2. The number of sulfonamides is 1. The van der Waals surface area contributed by atoms with E-state index >= 15 is 0 Å². The summed E-state index contributed by atoms with van der Waals surface area (Å²) in [6.45, 7) is 3.95. The van der Waals surface area contributed by atoms with Gasteiger partial charge in [-0.25, -0.2) is 13.1 Å². The highest BCUT2D eigenvalue weighted by Gasteiger charge is 2.16. The second-order valence-electron chi connectivity index (χ2n) is 4.51. The van der Waals surface area contributed by atoms with Gasteiger partial charge in [-0.1, -0.05) is 13.0 Å². The first-order valence-electron chi connectivity index (χ1n) is 6.80. The maximum absolute atomic E-state index is 12.2. The number of rotatable bonds is 8. The van der Waals surface area contributed by atoms with Crippen LogP contribution in [-0.4, -0.2) is 26.5 Å². The number of aromatic nitrogens is 1. The summed E-state index contributed by atoms with van der Waals surface area (Å²) in [5.41, 5.74) is 1.01. The number of nitrogens with zero attached hydrogens (tertiary/aromatic N) is 1. The second kappa shape index (κ2) is 7.65. The van der Waals surface area contributed by atoms with Gasteiger partial charge < -0.3 is 5.32 Å². The monoisotopic (exact) mass is 325 g/mol. The van der Waals surface area contributed by atoms with Crippen LogP contribution in [0.5, 0.6) is 0 Å². The molecule has 0 aliphatic carbocycles. The third-order valence-electron chi connectivity index (χ3n) is 2.88. The lowest BCUT2D eigenvalue weighted by Gasteiger charge is -2.04. The van der Waals surface area contributed by atoms with Crippen LogP contribution in [0.1, 0.15) is 17.4 Å². The highest BCUT2D eigenvalue weighted by molar-refractivity contribution is 7.91. The van der Waals surface area contributed by atoms with Crippen molar-refractivity contribution in [2.75, 3.05) is 13.1 Å². The molecule has 7 heteroatoms. The van der Waals surface area contributed by atoms with Gasteiger partial charge >= 0.3 is 0 Å². The fourth-order valence-electron chi connectivity index (χ4n) is 1.79. The van der Waals surface area contributed by atoms with Gasteiger partial charge in [-0.2, -0.15) is 0 Å². The fraction of sp³-hybridized carbons (Fsp3) is 0.357. The molecule has 5 nitrogen and oxygen atoms in total. The molecule has 0 saturated carbocycles. The van der Waals surface area contributed by atoms with E-state index in [-0.39, 0.29) is 0 Å². The van der Waals surface area contributed by atoms with Crippen molar-refractivity contribution in [2.45, 2.75) is 24.1 Å². The molecule has 2 aromatic heterocycles. The van der Waals surface area contributed by atoms with Crippen LogP contribution < -0.4 is 10.0 Å². The molecule has 0 aromatic carbocycles. The Balaban J connectivity index is 1.90. The Morgan fingerprint density at radius 3 is 2.86 bits per heavy atom. The molecule has 0 radical (unpaired) electrons. The van der Waals surface area contributed by atoms with Gasteiger partial charge in [0.15, 0.2) is 0 Å². The van der Waals surface area contributed by atoms with Gasteiger partial charge in [0.25, 0.3) is 0 Å². The first-order chi connectivity index (χ1) is 10.1. The van der Waals surface area contributed by atoms with Crippen LogP contribution in [0.2, 0.25) is 0 Å². The molecule has 2 rings (SSSR count). The zero-order chi connectivity index (χ0) is 15.1.